The van der Waals surface area contributed by atoms with E-state index < -0.39 is 11.8 Å². The summed E-state index contributed by atoms with van der Waals surface area (Å²) in [5.74, 6) is -2.05. The summed E-state index contributed by atoms with van der Waals surface area (Å²) in [7, 11) is 0. The molecule has 6 heteroatoms. The number of carbonyl (C=O) groups excluding carboxylic acids is 2. The van der Waals surface area contributed by atoms with Crippen molar-refractivity contribution in [3.05, 3.63) is 34.9 Å². The molecule has 0 spiro atoms. The van der Waals surface area contributed by atoms with Crippen molar-refractivity contribution < 1.29 is 9.59 Å². The highest BCUT2D eigenvalue weighted by atomic mass is 35.5. The lowest BCUT2D eigenvalue weighted by atomic mass is 10.2. The molecule has 0 fully saturated rings. The largest absolute Gasteiger partial charge is 0.361 e. The number of carbonyl (C=O) groups is 2. The fraction of sp³-hybridized carbons (Fsp3) is 0. The van der Waals surface area contributed by atoms with Crippen LogP contribution in [0.4, 0.5) is 0 Å². The van der Waals surface area contributed by atoms with Crippen LogP contribution in [-0.4, -0.2) is 18.0 Å². The molecule has 0 heterocycles. The van der Waals surface area contributed by atoms with Gasteiger partial charge in [-0.1, -0.05) is 23.7 Å². The predicted molar refractivity (Wildman–Crippen MR) is 56.4 cm³/mol. The van der Waals surface area contributed by atoms with E-state index in [9.17, 15) is 9.59 Å². The molecule has 3 N–H and O–H groups in total. The van der Waals surface area contributed by atoms with Crippen molar-refractivity contribution in [2.24, 2.45) is 10.8 Å². The Hall–Kier alpha value is -1.88. The molecule has 0 saturated heterocycles. The molecule has 0 aliphatic heterocycles. The van der Waals surface area contributed by atoms with E-state index in [0.29, 0.717) is 10.6 Å². The molecule has 0 aliphatic carbocycles. The lowest BCUT2D eigenvalue weighted by Crippen LogP contribution is -2.32. The van der Waals surface area contributed by atoms with E-state index in [-0.39, 0.29) is 0 Å². The van der Waals surface area contributed by atoms with Crippen molar-refractivity contribution in [1.29, 1.82) is 0 Å². The average Bonchev–Trinajstić information content (AvgIpc) is 2.17. The van der Waals surface area contributed by atoms with Crippen molar-refractivity contribution in [1.82, 2.24) is 5.43 Å². The van der Waals surface area contributed by atoms with Gasteiger partial charge in [-0.25, -0.2) is 5.43 Å². The van der Waals surface area contributed by atoms with Crippen molar-refractivity contribution in [3.8, 4) is 0 Å². The van der Waals surface area contributed by atoms with Gasteiger partial charge in [0.2, 0.25) is 0 Å². The number of rotatable bonds is 2. The molecule has 15 heavy (non-hydrogen) atoms. The number of primary amides is 1. The van der Waals surface area contributed by atoms with Crippen molar-refractivity contribution >= 4 is 29.6 Å². The van der Waals surface area contributed by atoms with Crippen LogP contribution in [-0.2, 0) is 9.59 Å². The zero-order valence-electron chi connectivity index (χ0n) is 7.61. The summed E-state index contributed by atoms with van der Waals surface area (Å²) < 4.78 is 0. The van der Waals surface area contributed by atoms with Gasteiger partial charge in [0.15, 0.2) is 0 Å². The Morgan fingerprint density at radius 3 is 2.80 bits per heavy atom. The number of nitrogens with two attached hydrogens (primary N) is 1. The van der Waals surface area contributed by atoms with Crippen LogP contribution in [0, 0.1) is 0 Å². The Kier molecular flexibility index (Phi) is 3.82. The molecule has 0 aromatic heterocycles. The Morgan fingerprint density at radius 1 is 1.47 bits per heavy atom. The summed E-state index contributed by atoms with van der Waals surface area (Å²) in [5.41, 5.74) is 7.36. The third-order valence-electron chi connectivity index (χ3n) is 1.45. The first-order valence-electron chi connectivity index (χ1n) is 3.98. The first-order chi connectivity index (χ1) is 7.09. The van der Waals surface area contributed by atoms with Crippen molar-refractivity contribution in [2.45, 2.75) is 0 Å². The molecule has 1 rings (SSSR count). The van der Waals surface area contributed by atoms with Gasteiger partial charge in [0.1, 0.15) is 0 Å². The van der Waals surface area contributed by atoms with E-state index in [0.717, 1.165) is 0 Å². The van der Waals surface area contributed by atoms with Gasteiger partial charge in [-0.2, -0.15) is 5.10 Å². The van der Waals surface area contributed by atoms with Crippen LogP contribution < -0.4 is 11.2 Å². The minimum atomic E-state index is -1.08. The predicted octanol–water partition coefficient (Wildman–Crippen LogP) is 0.275. The maximum absolute atomic E-state index is 10.7. The van der Waals surface area contributed by atoms with E-state index in [2.05, 4.69) is 5.10 Å². The van der Waals surface area contributed by atoms with Gasteiger partial charge in [0, 0.05) is 5.02 Å². The molecule has 2 amide bonds. The van der Waals surface area contributed by atoms with Gasteiger partial charge in [0.05, 0.1) is 6.21 Å². The highest BCUT2D eigenvalue weighted by Crippen LogP contribution is 2.08. The highest BCUT2D eigenvalue weighted by molar-refractivity contribution is 6.34. The Morgan fingerprint density at radius 2 is 2.20 bits per heavy atom. The van der Waals surface area contributed by atoms with Crippen LogP contribution in [0.1, 0.15) is 5.56 Å². The quantitative estimate of drug-likeness (QED) is 0.430. The second-order valence-corrected chi connectivity index (χ2v) is 3.05. The summed E-state index contributed by atoms with van der Waals surface area (Å²) in [6.45, 7) is 0. The normalized spacial score (nSPS) is 10.2. The van der Waals surface area contributed by atoms with Gasteiger partial charge in [0.25, 0.3) is 0 Å². The topological polar surface area (TPSA) is 84.5 Å². The first kappa shape index (κ1) is 11.2. The fourth-order valence-corrected chi connectivity index (χ4v) is 1.01. The second kappa shape index (κ2) is 5.11. The zero-order chi connectivity index (χ0) is 11.3. The highest BCUT2D eigenvalue weighted by Gasteiger charge is 2.04. The Balaban J connectivity index is 2.59. The SMILES string of the molecule is NC(=O)C(=O)N/N=C/c1cccc(Cl)c1. The standard InChI is InChI=1S/C9H8ClN3O2/c10-7-3-1-2-6(4-7)5-12-13-9(15)8(11)14/h1-5H,(H2,11,14)(H,13,15)/b12-5+. The molecular weight excluding hydrogens is 218 g/mol. The van der Waals surface area contributed by atoms with E-state index >= 15 is 0 Å². The molecule has 5 nitrogen and oxygen atoms in total. The van der Waals surface area contributed by atoms with E-state index in [1.807, 2.05) is 5.43 Å². The number of nitrogens with zero attached hydrogens (tertiary/aromatic N) is 1. The minimum absolute atomic E-state index is 0.556. The van der Waals surface area contributed by atoms with E-state index in [1.165, 1.54) is 6.21 Å². The summed E-state index contributed by atoms with van der Waals surface area (Å²) >= 11 is 5.71. The summed E-state index contributed by atoms with van der Waals surface area (Å²) in [6.07, 6.45) is 1.35. The van der Waals surface area contributed by atoms with Crippen LogP contribution in [0.3, 0.4) is 0 Å². The van der Waals surface area contributed by atoms with Crippen LogP contribution in [0.2, 0.25) is 5.02 Å². The van der Waals surface area contributed by atoms with E-state index in [1.54, 1.807) is 24.3 Å². The van der Waals surface area contributed by atoms with Gasteiger partial charge in [-0.3, -0.25) is 9.59 Å². The first-order valence-corrected chi connectivity index (χ1v) is 4.36. The van der Waals surface area contributed by atoms with Gasteiger partial charge in [-0.15, -0.1) is 0 Å². The monoisotopic (exact) mass is 225 g/mol. The Labute approximate surface area is 90.9 Å². The smallest absolute Gasteiger partial charge is 0.329 e. The van der Waals surface area contributed by atoms with Crippen LogP contribution in [0.5, 0.6) is 0 Å². The molecule has 1 aromatic carbocycles. The van der Waals surface area contributed by atoms with Crippen LogP contribution >= 0.6 is 11.6 Å². The number of hydrogen-bond acceptors (Lipinski definition) is 3. The summed E-state index contributed by atoms with van der Waals surface area (Å²) in [6, 6.07) is 6.84. The van der Waals surface area contributed by atoms with Crippen molar-refractivity contribution in [2.75, 3.05) is 0 Å². The maximum Gasteiger partial charge on any atom is 0.329 e. The Bertz CT molecular complexity index is 418. The lowest BCUT2D eigenvalue weighted by molar-refractivity contribution is -0.137. The second-order valence-electron chi connectivity index (χ2n) is 2.62. The van der Waals surface area contributed by atoms with Gasteiger partial charge < -0.3 is 5.73 Å². The number of nitrogens with one attached hydrogen (secondary N) is 1. The third-order valence-corrected chi connectivity index (χ3v) is 1.69. The molecular formula is C9H8ClN3O2. The minimum Gasteiger partial charge on any atom is -0.361 e. The molecule has 0 saturated carbocycles. The summed E-state index contributed by atoms with van der Waals surface area (Å²) in [4.78, 5) is 21.0. The maximum atomic E-state index is 10.7. The molecule has 0 atom stereocenters. The fourth-order valence-electron chi connectivity index (χ4n) is 0.807. The van der Waals surface area contributed by atoms with Gasteiger partial charge in [-0.05, 0) is 17.7 Å². The molecule has 1 aromatic rings. The summed E-state index contributed by atoms with van der Waals surface area (Å²) in [5, 5.41) is 4.08. The molecule has 0 radical (unpaired) electrons. The third kappa shape index (κ3) is 3.78. The molecule has 0 unspecified atom stereocenters. The lowest BCUT2D eigenvalue weighted by Gasteiger charge is -1.94. The van der Waals surface area contributed by atoms with Gasteiger partial charge >= 0.3 is 11.8 Å². The molecule has 78 valence electrons. The average molecular weight is 226 g/mol. The number of amides is 2. The number of hydrazone groups is 1. The van der Waals surface area contributed by atoms with E-state index in [4.69, 9.17) is 17.3 Å². The molecule has 0 bridgehead atoms. The number of hydrogen-bond donors (Lipinski definition) is 2. The van der Waals surface area contributed by atoms with Crippen molar-refractivity contribution in [3.63, 3.8) is 0 Å². The number of benzene rings is 1. The number of halogens is 1. The molecule has 0 aliphatic rings. The zero-order valence-corrected chi connectivity index (χ0v) is 8.36. The van der Waals surface area contributed by atoms with Crippen LogP contribution in [0.15, 0.2) is 29.4 Å². The van der Waals surface area contributed by atoms with Crippen LogP contribution in [0.25, 0.3) is 0 Å².